The SMILES string of the molecule is CC(C)(COc1ccc(Nc2ncnc3c2CCN(c2ccc(C#N)c(C(F)(F)F)c2)C3)nc1)n1cnnn1. The van der Waals surface area contributed by atoms with Gasteiger partial charge in [-0.2, -0.15) is 18.4 Å². The van der Waals surface area contributed by atoms with Crippen LogP contribution in [0.25, 0.3) is 0 Å². The number of rotatable bonds is 7. The number of benzene rings is 1. The summed E-state index contributed by atoms with van der Waals surface area (Å²) >= 11 is 0. The van der Waals surface area contributed by atoms with Crippen LogP contribution < -0.4 is 15.0 Å². The van der Waals surface area contributed by atoms with Crippen LogP contribution in [-0.4, -0.2) is 48.3 Å². The van der Waals surface area contributed by atoms with E-state index in [4.69, 9.17) is 10.00 Å². The Morgan fingerprint density at radius 1 is 1.13 bits per heavy atom. The van der Waals surface area contributed by atoms with Crippen molar-refractivity contribution in [2.45, 2.75) is 38.5 Å². The number of anilines is 3. The first-order valence-corrected chi connectivity index (χ1v) is 11.9. The van der Waals surface area contributed by atoms with E-state index in [2.05, 4.69) is 35.8 Å². The Hall–Kier alpha value is -4.80. The number of pyridine rings is 1. The Balaban J connectivity index is 1.27. The van der Waals surface area contributed by atoms with Crippen LogP contribution in [0.15, 0.2) is 49.2 Å². The number of tetrazole rings is 1. The molecule has 0 saturated carbocycles. The maximum absolute atomic E-state index is 13.4. The van der Waals surface area contributed by atoms with E-state index in [9.17, 15) is 13.2 Å². The van der Waals surface area contributed by atoms with E-state index >= 15 is 0 Å². The maximum Gasteiger partial charge on any atom is 0.417 e. The molecule has 4 heterocycles. The van der Waals surface area contributed by atoms with Gasteiger partial charge in [-0.15, -0.1) is 5.10 Å². The molecule has 0 aliphatic carbocycles. The zero-order valence-electron chi connectivity index (χ0n) is 21.0. The fraction of sp³-hybridized carbons (Fsp3) is 0.320. The summed E-state index contributed by atoms with van der Waals surface area (Å²) in [6.45, 7) is 4.97. The molecule has 39 heavy (non-hydrogen) atoms. The van der Waals surface area contributed by atoms with Crippen molar-refractivity contribution in [3.05, 3.63) is 71.6 Å². The summed E-state index contributed by atoms with van der Waals surface area (Å²) in [6.07, 6.45) is 0.417. The number of nitrogens with zero attached hydrogens (tertiary/aromatic N) is 9. The predicted molar refractivity (Wildman–Crippen MR) is 133 cm³/mol. The van der Waals surface area contributed by atoms with Crippen LogP contribution in [0, 0.1) is 11.3 Å². The number of fused-ring (bicyclic) bond motifs is 1. The van der Waals surface area contributed by atoms with E-state index in [1.807, 2.05) is 13.8 Å². The number of hydrogen-bond acceptors (Lipinski definition) is 10. The lowest BCUT2D eigenvalue weighted by molar-refractivity contribution is -0.137. The topological polar surface area (TPSA) is 131 Å². The van der Waals surface area contributed by atoms with Gasteiger partial charge < -0.3 is 15.0 Å². The number of nitriles is 1. The van der Waals surface area contributed by atoms with Gasteiger partial charge in [-0.05, 0) is 61.0 Å². The van der Waals surface area contributed by atoms with Gasteiger partial charge in [0.2, 0.25) is 0 Å². The molecule has 0 radical (unpaired) electrons. The molecule has 200 valence electrons. The van der Waals surface area contributed by atoms with Crippen LogP contribution in [0.1, 0.15) is 36.2 Å². The largest absolute Gasteiger partial charge is 0.489 e. The van der Waals surface area contributed by atoms with Crippen LogP contribution >= 0.6 is 0 Å². The first-order chi connectivity index (χ1) is 18.6. The smallest absolute Gasteiger partial charge is 0.417 e. The number of nitrogens with one attached hydrogen (secondary N) is 1. The lowest BCUT2D eigenvalue weighted by Gasteiger charge is -2.31. The minimum absolute atomic E-state index is 0.299. The van der Waals surface area contributed by atoms with Crippen molar-refractivity contribution >= 4 is 17.3 Å². The molecule has 0 atom stereocenters. The Labute approximate surface area is 221 Å². The van der Waals surface area contributed by atoms with Crippen LogP contribution in [0.5, 0.6) is 5.75 Å². The zero-order chi connectivity index (χ0) is 27.6. The molecular formula is C25H23F3N10O. The number of halogens is 3. The molecule has 1 N–H and O–H groups in total. The van der Waals surface area contributed by atoms with E-state index < -0.39 is 22.8 Å². The van der Waals surface area contributed by atoms with Crippen LogP contribution in [0.4, 0.5) is 30.5 Å². The van der Waals surface area contributed by atoms with Crippen molar-refractivity contribution in [1.82, 2.24) is 35.2 Å². The van der Waals surface area contributed by atoms with Gasteiger partial charge in [0.05, 0.1) is 41.2 Å². The highest BCUT2D eigenvalue weighted by Crippen LogP contribution is 2.36. The van der Waals surface area contributed by atoms with Crippen LogP contribution in [-0.2, 0) is 24.7 Å². The molecule has 0 spiro atoms. The van der Waals surface area contributed by atoms with Crippen molar-refractivity contribution in [1.29, 1.82) is 5.26 Å². The van der Waals surface area contributed by atoms with E-state index in [0.717, 1.165) is 11.6 Å². The summed E-state index contributed by atoms with van der Waals surface area (Å²) in [7, 11) is 0. The average Bonchev–Trinajstić information content (AvgIpc) is 3.48. The van der Waals surface area contributed by atoms with Gasteiger partial charge in [-0.1, -0.05) is 0 Å². The monoisotopic (exact) mass is 536 g/mol. The number of hydrogen-bond donors (Lipinski definition) is 1. The summed E-state index contributed by atoms with van der Waals surface area (Å²) in [6, 6.07) is 8.90. The van der Waals surface area contributed by atoms with Crippen molar-refractivity contribution in [3.63, 3.8) is 0 Å². The number of aromatic nitrogens is 7. The van der Waals surface area contributed by atoms with Gasteiger partial charge in [0.15, 0.2) is 0 Å². The first kappa shape index (κ1) is 25.8. The minimum Gasteiger partial charge on any atom is -0.489 e. The average molecular weight is 537 g/mol. The van der Waals surface area contributed by atoms with Crippen molar-refractivity contribution in [2.24, 2.45) is 0 Å². The van der Waals surface area contributed by atoms with Crippen molar-refractivity contribution < 1.29 is 17.9 Å². The number of ether oxygens (including phenoxy) is 1. The highest BCUT2D eigenvalue weighted by molar-refractivity contribution is 5.60. The van der Waals surface area contributed by atoms with Gasteiger partial charge in [0.25, 0.3) is 0 Å². The fourth-order valence-electron chi connectivity index (χ4n) is 4.17. The van der Waals surface area contributed by atoms with Gasteiger partial charge in [0, 0.05) is 17.8 Å². The van der Waals surface area contributed by atoms with E-state index in [-0.39, 0.29) is 0 Å². The molecule has 11 nitrogen and oxygen atoms in total. The van der Waals surface area contributed by atoms with E-state index in [0.29, 0.717) is 54.9 Å². The molecule has 0 saturated heterocycles. The predicted octanol–water partition coefficient (Wildman–Crippen LogP) is 3.87. The van der Waals surface area contributed by atoms with E-state index in [1.165, 1.54) is 24.8 Å². The highest BCUT2D eigenvalue weighted by Gasteiger charge is 2.34. The molecule has 1 aromatic carbocycles. The molecule has 1 aliphatic heterocycles. The van der Waals surface area contributed by atoms with Crippen LogP contribution in [0.2, 0.25) is 0 Å². The molecule has 0 fully saturated rings. The number of alkyl halides is 3. The summed E-state index contributed by atoms with van der Waals surface area (Å²) in [5.74, 6) is 1.70. The molecule has 4 aromatic rings. The molecule has 14 heteroatoms. The Morgan fingerprint density at radius 2 is 1.97 bits per heavy atom. The van der Waals surface area contributed by atoms with Gasteiger partial charge in [0.1, 0.15) is 36.6 Å². The second-order valence-corrected chi connectivity index (χ2v) is 9.52. The third-order valence-corrected chi connectivity index (χ3v) is 6.35. The summed E-state index contributed by atoms with van der Waals surface area (Å²) in [4.78, 5) is 14.9. The van der Waals surface area contributed by atoms with Gasteiger partial charge in [-0.25, -0.2) is 19.6 Å². The van der Waals surface area contributed by atoms with Crippen molar-refractivity contribution in [2.75, 3.05) is 23.4 Å². The third-order valence-electron chi connectivity index (χ3n) is 6.35. The van der Waals surface area contributed by atoms with E-state index in [1.54, 1.807) is 34.0 Å². The lowest BCUT2D eigenvalue weighted by Crippen LogP contribution is -2.34. The molecular weight excluding hydrogens is 513 g/mol. The minimum atomic E-state index is -4.62. The second-order valence-electron chi connectivity index (χ2n) is 9.52. The normalized spacial score (nSPS) is 13.5. The Morgan fingerprint density at radius 3 is 2.67 bits per heavy atom. The lowest BCUT2D eigenvalue weighted by atomic mass is 10.0. The summed E-state index contributed by atoms with van der Waals surface area (Å²) in [5, 5.41) is 23.5. The molecule has 0 unspecified atom stereocenters. The molecule has 3 aromatic heterocycles. The summed E-state index contributed by atoms with van der Waals surface area (Å²) in [5.41, 5.74) is 0.125. The summed E-state index contributed by atoms with van der Waals surface area (Å²) < 4.78 is 47.8. The molecule has 0 bridgehead atoms. The standard InChI is InChI=1S/C25H23F3N10O/c1-24(2,38-15-33-35-36-38)13-39-18-5-6-22(30-11-18)34-23-19-7-8-37(12-21(19)31-14-32-23)17-4-3-16(10-29)20(9-17)25(26,27)28/h3-6,9,11,14-15H,7-8,12-13H2,1-2H3,(H,30,31,32,34). The quantitative estimate of drug-likeness (QED) is 0.371. The highest BCUT2D eigenvalue weighted by atomic mass is 19.4. The van der Waals surface area contributed by atoms with Crippen molar-refractivity contribution in [3.8, 4) is 11.8 Å². The second kappa shape index (κ2) is 10.2. The Bertz CT molecular complexity index is 1500. The van der Waals surface area contributed by atoms with Gasteiger partial charge >= 0.3 is 6.18 Å². The molecule has 0 amide bonds. The molecule has 5 rings (SSSR count). The molecule has 1 aliphatic rings. The third kappa shape index (κ3) is 5.57. The zero-order valence-corrected chi connectivity index (χ0v) is 21.0. The maximum atomic E-state index is 13.4. The Kier molecular flexibility index (Phi) is 6.73. The first-order valence-electron chi connectivity index (χ1n) is 11.9. The van der Waals surface area contributed by atoms with Crippen LogP contribution in [0.3, 0.4) is 0 Å². The van der Waals surface area contributed by atoms with Gasteiger partial charge in [-0.3, -0.25) is 0 Å². The fourth-order valence-corrected chi connectivity index (χ4v) is 4.17.